The Kier molecular flexibility index (Phi) is 5.34. The first kappa shape index (κ1) is 14.2. The topological polar surface area (TPSA) is 62.2 Å². The van der Waals surface area contributed by atoms with E-state index >= 15 is 0 Å². The number of carbonyl (C=O) groups excluding carboxylic acids is 1. The van der Waals surface area contributed by atoms with Gasteiger partial charge in [-0.25, -0.2) is 4.98 Å². The fourth-order valence-corrected chi connectivity index (χ4v) is 1.26. The number of aliphatic hydroxyl groups excluding tert-OH is 1. The molecule has 0 fully saturated rings. The summed E-state index contributed by atoms with van der Waals surface area (Å²) in [5.41, 5.74) is 0.714. The van der Waals surface area contributed by atoms with Gasteiger partial charge in [0.2, 0.25) is 5.91 Å². The third-order valence-electron chi connectivity index (χ3n) is 2.74. The highest BCUT2D eigenvalue weighted by atomic mass is 16.2. The molecular formula is C14H18N2O2. The van der Waals surface area contributed by atoms with Gasteiger partial charge in [-0.05, 0) is 18.1 Å². The molecule has 4 heteroatoms. The fraction of sp³-hybridized carbons (Fsp3) is 0.429. The molecule has 1 aromatic heterocycles. The molecule has 0 aromatic carbocycles. The van der Waals surface area contributed by atoms with Crippen molar-refractivity contribution in [2.24, 2.45) is 11.8 Å². The highest BCUT2D eigenvalue weighted by molar-refractivity contribution is 5.91. The lowest BCUT2D eigenvalue weighted by atomic mass is 9.97. The highest BCUT2D eigenvalue weighted by Crippen LogP contribution is 2.13. The van der Waals surface area contributed by atoms with E-state index in [1.807, 2.05) is 20.8 Å². The summed E-state index contributed by atoms with van der Waals surface area (Å²) >= 11 is 0. The maximum Gasteiger partial charge on any atom is 0.228 e. The summed E-state index contributed by atoms with van der Waals surface area (Å²) < 4.78 is 0. The van der Waals surface area contributed by atoms with Crippen LogP contribution in [-0.4, -0.2) is 22.6 Å². The molecule has 96 valence electrons. The lowest BCUT2D eigenvalue weighted by Crippen LogP contribution is -2.24. The lowest BCUT2D eigenvalue weighted by Gasteiger charge is -2.14. The van der Waals surface area contributed by atoms with Crippen LogP contribution in [0.15, 0.2) is 18.3 Å². The molecule has 4 nitrogen and oxygen atoms in total. The van der Waals surface area contributed by atoms with Crippen molar-refractivity contribution in [1.29, 1.82) is 0 Å². The van der Waals surface area contributed by atoms with E-state index < -0.39 is 0 Å². The van der Waals surface area contributed by atoms with E-state index in [1.165, 1.54) is 0 Å². The van der Waals surface area contributed by atoms with Crippen molar-refractivity contribution in [3.05, 3.63) is 23.9 Å². The van der Waals surface area contributed by atoms with Crippen LogP contribution >= 0.6 is 0 Å². The zero-order valence-corrected chi connectivity index (χ0v) is 10.9. The summed E-state index contributed by atoms with van der Waals surface area (Å²) in [5.74, 6) is 5.96. The third-order valence-corrected chi connectivity index (χ3v) is 2.74. The van der Waals surface area contributed by atoms with Gasteiger partial charge in [-0.15, -0.1) is 0 Å². The maximum atomic E-state index is 11.9. The minimum Gasteiger partial charge on any atom is -0.384 e. The number of amides is 1. The largest absolute Gasteiger partial charge is 0.384 e. The number of rotatable bonds is 3. The van der Waals surface area contributed by atoms with Crippen LogP contribution in [0.25, 0.3) is 0 Å². The van der Waals surface area contributed by atoms with Crippen molar-refractivity contribution >= 4 is 11.7 Å². The average Bonchev–Trinajstić information content (AvgIpc) is 2.35. The van der Waals surface area contributed by atoms with Crippen LogP contribution in [0.5, 0.6) is 0 Å². The molecule has 1 amide bonds. The van der Waals surface area contributed by atoms with Gasteiger partial charge in [-0.1, -0.05) is 32.6 Å². The summed E-state index contributed by atoms with van der Waals surface area (Å²) in [4.78, 5) is 15.9. The molecule has 0 aliphatic carbocycles. The number of nitrogens with one attached hydrogen (secondary N) is 1. The van der Waals surface area contributed by atoms with Crippen LogP contribution in [0.2, 0.25) is 0 Å². The van der Waals surface area contributed by atoms with Crippen LogP contribution in [0.4, 0.5) is 5.82 Å². The Morgan fingerprint density at radius 1 is 1.50 bits per heavy atom. The zero-order valence-electron chi connectivity index (χ0n) is 10.9. The molecular weight excluding hydrogens is 228 g/mol. The van der Waals surface area contributed by atoms with Crippen LogP contribution in [0, 0.1) is 23.7 Å². The molecule has 0 aliphatic heterocycles. The highest BCUT2D eigenvalue weighted by Gasteiger charge is 2.16. The smallest absolute Gasteiger partial charge is 0.228 e. The molecule has 0 saturated carbocycles. The molecule has 18 heavy (non-hydrogen) atoms. The number of nitrogens with zero attached hydrogens (tertiary/aromatic N) is 1. The zero-order chi connectivity index (χ0) is 13.5. The van der Waals surface area contributed by atoms with Gasteiger partial charge in [0.1, 0.15) is 12.4 Å². The van der Waals surface area contributed by atoms with E-state index in [2.05, 4.69) is 22.1 Å². The predicted molar refractivity (Wildman–Crippen MR) is 70.8 cm³/mol. The molecule has 0 spiro atoms. The second-order valence-corrected chi connectivity index (χ2v) is 4.41. The van der Waals surface area contributed by atoms with E-state index in [-0.39, 0.29) is 24.3 Å². The van der Waals surface area contributed by atoms with Crippen LogP contribution in [-0.2, 0) is 4.79 Å². The second kappa shape index (κ2) is 6.77. The molecule has 0 saturated heterocycles. The van der Waals surface area contributed by atoms with Gasteiger partial charge in [-0.3, -0.25) is 4.79 Å². The van der Waals surface area contributed by atoms with Gasteiger partial charge < -0.3 is 10.4 Å². The molecule has 1 atom stereocenters. The number of anilines is 1. The first-order valence-corrected chi connectivity index (χ1v) is 5.91. The summed E-state index contributed by atoms with van der Waals surface area (Å²) in [5, 5.41) is 11.4. The second-order valence-electron chi connectivity index (χ2n) is 4.41. The Hall–Kier alpha value is -1.86. The van der Waals surface area contributed by atoms with Crippen molar-refractivity contribution in [1.82, 2.24) is 4.98 Å². The fourth-order valence-electron chi connectivity index (χ4n) is 1.26. The van der Waals surface area contributed by atoms with Gasteiger partial charge in [0.25, 0.3) is 0 Å². The third kappa shape index (κ3) is 4.19. The molecule has 1 rings (SSSR count). The quantitative estimate of drug-likeness (QED) is 0.797. The molecule has 0 bridgehead atoms. The first-order valence-electron chi connectivity index (χ1n) is 5.91. The number of aliphatic hydroxyl groups is 1. The summed E-state index contributed by atoms with van der Waals surface area (Å²) in [6.45, 7) is 5.70. The van der Waals surface area contributed by atoms with Crippen LogP contribution < -0.4 is 5.32 Å². The Balaban J connectivity index is 2.76. The number of hydrogen-bond acceptors (Lipinski definition) is 3. The van der Waals surface area contributed by atoms with Crippen LogP contribution in [0.3, 0.4) is 0 Å². The summed E-state index contributed by atoms with van der Waals surface area (Å²) in [6.07, 6.45) is 1.58. The summed E-state index contributed by atoms with van der Waals surface area (Å²) in [7, 11) is 0. The normalized spacial score (nSPS) is 11.6. The van der Waals surface area contributed by atoms with Crippen LogP contribution in [0.1, 0.15) is 26.3 Å². The van der Waals surface area contributed by atoms with E-state index in [1.54, 1.807) is 18.3 Å². The molecule has 1 aromatic rings. The van der Waals surface area contributed by atoms with E-state index in [9.17, 15) is 4.79 Å². The monoisotopic (exact) mass is 246 g/mol. The SMILES string of the molecule is CC(C)C(C)C(=O)Nc1cc(C#CCO)ccn1. The van der Waals surface area contributed by atoms with Gasteiger partial charge in [0, 0.05) is 17.7 Å². The van der Waals surface area contributed by atoms with Crippen molar-refractivity contribution in [3.63, 3.8) is 0 Å². The van der Waals surface area contributed by atoms with E-state index in [0.717, 1.165) is 0 Å². The van der Waals surface area contributed by atoms with E-state index in [4.69, 9.17) is 5.11 Å². The van der Waals surface area contributed by atoms with E-state index in [0.29, 0.717) is 11.4 Å². The number of hydrogen-bond donors (Lipinski definition) is 2. The maximum absolute atomic E-state index is 11.9. The average molecular weight is 246 g/mol. The number of aromatic nitrogens is 1. The Morgan fingerprint density at radius 3 is 2.83 bits per heavy atom. The van der Waals surface area contributed by atoms with Crippen molar-refractivity contribution in [3.8, 4) is 11.8 Å². The minimum absolute atomic E-state index is 0.0511. The number of carbonyl (C=O) groups is 1. The molecule has 0 aliphatic rings. The minimum atomic E-state index is -0.186. The van der Waals surface area contributed by atoms with Crippen molar-refractivity contribution in [2.45, 2.75) is 20.8 Å². The van der Waals surface area contributed by atoms with Gasteiger partial charge in [0.15, 0.2) is 0 Å². The van der Waals surface area contributed by atoms with Gasteiger partial charge in [-0.2, -0.15) is 0 Å². The lowest BCUT2D eigenvalue weighted by molar-refractivity contribution is -0.120. The predicted octanol–water partition coefficient (Wildman–Crippen LogP) is 1.66. The van der Waals surface area contributed by atoms with Crippen molar-refractivity contribution in [2.75, 3.05) is 11.9 Å². The Morgan fingerprint density at radius 2 is 2.22 bits per heavy atom. The molecule has 0 radical (unpaired) electrons. The molecule has 2 N–H and O–H groups in total. The molecule has 1 unspecified atom stereocenters. The molecule has 1 heterocycles. The Labute approximate surface area is 107 Å². The number of pyridine rings is 1. The standard InChI is InChI=1S/C14H18N2O2/c1-10(2)11(3)14(18)16-13-9-12(5-4-8-17)6-7-15-13/h6-7,9-11,17H,8H2,1-3H3,(H,15,16,18). The van der Waals surface area contributed by atoms with Gasteiger partial charge >= 0.3 is 0 Å². The first-order chi connectivity index (χ1) is 8.54. The van der Waals surface area contributed by atoms with Crippen molar-refractivity contribution < 1.29 is 9.90 Å². The summed E-state index contributed by atoms with van der Waals surface area (Å²) in [6, 6.07) is 3.41. The Bertz CT molecular complexity index is 472. The van der Waals surface area contributed by atoms with Gasteiger partial charge in [0.05, 0.1) is 0 Å².